The van der Waals surface area contributed by atoms with Gasteiger partial charge < -0.3 is 10.1 Å². The van der Waals surface area contributed by atoms with Gasteiger partial charge in [-0.25, -0.2) is 0 Å². The molecule has 0 fully saturated rings. The van der Waals surface area contributed by atoms with Crippen LogP contribution in [-0.2, 0) is 4.79 Å². The van der Waals surface area contributed by atoms with Crippen molar-refractivity contribution in [3.8, 4) is 11.4 Å². The summed E-state index contributed by atoms with van der Waals surface area (Å²) in [5.74, 6) is -0.106. The number of anilines is 1. The maximum Gasteiger partial charge on any atom is 0.296 e. The normalized spacial score (nSPS) is 10.7. The third-order valence-electron chi connectivity index (χ3n) is 4.30. The molecule has 3 aromatic rings. The molecule has 0 bridgehead atoms. The summed E-state index contributed by atoms with van der Waals surface area (Å²) in [5, 5.41) is 26.1. The van der Waals surface area contributed by atoms with Gasteiger partial charge in [-0.15, -0.1) is 5.10 Å². The number of nitrogens with one attached hydrogen (secondary N) is 1. The second-order valence-electron chi connectivity index (χ2n) is 6.60. The van der Waals surface area contributed by atoms with E-state index in [1.807, 2.05) is 32.9 Å². The molecule has 1 N–H and O–H groups in total. The van der Waals surface area contributed by atoms with Gasteiger partial charge in [-0.1, -0.05) is 29.5 Å². The molecule has 2 aromatic carbocycles. The van der Waals surface area contributed by atoms with Gasteiger partial charge in [0.25, 0.3) is 5.69 Å². The maximum atomic E-state index is 12.4. The monoisotopic (exact) mass is 428 g/mol. The number of hydrogen-bond donors (Lipinski definition) is 1. The number of methoxy groups -OCH3 is 1. The molecule has 0 aliphatic rings. The SMILES string of the molecule is COc1ccc(NC(=O)CSc2nnnn2-c2c(C)cc(C)cc2C)c([N+](=O)[O-])c1. The van der Waals surface area contributed by atoms with Gasteiger partial charge in [0, 0.05) is 0 Å². The Kier molecular flexibility index (Phi) is 6.31. The summed E-state index contributed by atoms with van der Waals surface area (Å²) >= 11 is 1.14. The number of benzene rings is 2. The molecule has 3 rings (SSSR count). The third-order valence-corrected chi connectivity index (χ3v) is 5.22. The highest BCUT2D eigenvalue weighted by Crippen LogP contribution is 2.29. The average Bonchev–Trinajstić information content (AvgIpc) is 3.13. The molecule has 0 atom stereocenters. The topological polar surface area (TPSA) is 125 Å². The van der Waals surface area contributed by atoms with Crippen molar-refractivity contribution in [2.24, 2.45) is 0 Å². The van der Waals surface area contributed by atoms with E-state index in [0.717, 1.165) is 34.1 Å². The van der Waals surface area contributed by atoms with Crippen molar-refractivity contribution < 1.29 is 14.5 Å². The summed E-state index contributed by atoms with van der Waals surface area (Å²) in [6.07, 6.45) is 0. The second kappa shape index (κ2) is 8.91. The zero-order valence-electron chi connectivity index (χ0n) is 16.9. The number of aryl methyl sites for hydroxylation is 3. The minimum atomic E-state index is -0.575. The molecule has 0 aliphatic carbocycles. The van der Waals surface area contributed by atoms with Crippen LogP contribution in [0.4, 0.5) is 11.4 Å². The first kappa shape index (κ1) is 21.2. The second-order valence-corrected chi connectivity index (χ2v) is 7.54. The highest BCUT2D eigenvalue weighted by Gasteiger charge is 2.19. The fraction of sp³-hybridized carbons (Fsp3) is 0.263. The highest BCUT2D eigenvalue weighted by molar-refractivity contribution is 7.99. The van der Waals surface area contributed by atoms with E-state index in [2.05, 4.69) is 20.8 Å². The molecule has 1 aromatic heterocycles. The minimum absolute atomic E-state index is 0.0203. The van der Waals surface area contributed by atoms with Crippen molar-refractivity contribution in [1.82, 2.24) is 20.2 Å². The number of hydrogen-bond acceptors (Lipinski definition) is 8. The molecule has 0 spiro atoms. The van der Waals surface area contributed by atoms with Crippen LogP contribution in [0.15, 0.2) is 35.5 Å². The Balaban J connectivity index is 1.75. The Morgan fingerprint density at radius 3 is 2.57 bits per heavy atom. The summed E-state index contributed by atoms with van der Waals surface area (Å²) in [5.41, 5.74) is 3.87. The molecule has 11 heteroatoms. The van der Waals surface area contributed by atoms with Crippen LogP contribution in [0.1, 0.15) is 16.7 Å². The fourth-order valence-electron chi connectivity index (χ4n) is 3.13. The van der Waals surface area contributed by atoms with Gasteiger partial charge in [0.1, 0.15) is 11.4 Å². The number of carbonyl (C=O) groups excluding carboxylic acids is 1. The van der Waals surface area contributed by atoms with Gasteiger partial charge >= 0.3 is 0 Å². The molecular formula is C19H20N6O4S. The Morgan fingerprint density at radius 2 is 1.93 bits per heavy atom. The van der Waals surface area contributed by atoms with Crippen LogP contribution in [0.5, 0.6) is 5.75 Å². The summed E-state index contributed by atoms with van der Waals surface area (Å²) in [4.78, 5) is 23.1. The first-order valence-corrected chi connectivity index (χ1v) is 9.90. The Bertz CT molecular complexity index is 1090. The van der Waals surface area contributed by atoms with Crippen molar-refractivity contribution in [2.75, 3.05) is 18.2 Å². The molecular weight excluding hydrogens is 408 g/mol. The number of aromatic nitrogens is 4. The summed E-state index contributed by atoms with van der Waals surface area (Å²) in [7, 11) is 1.41. The predicted octanol–water partition coefficient (Wildman–Crippen LogP) is 3.24. The lowest BCUT2D eigenvalue weighted by Crippen LogP contribution is -2.16. The van der Waals surface area contributed by atoms with E-state index in [9.17, 15) is 14.9 Å². The van der Waals surface area contributed by atoms with E-state index < -0.39 is 10.8 Å². The van der Waals surface area contributed by atoms with Gasteiger partial charge in [-0.3, -0.25) is 14.9 Å². The first-order chi connectivity index (χ1) is 14.3. The van der Waals surface area contributed by atoms with E-state index in [4.69, 9.17) is 4.74 Å². The minimum Gasteiger partial charge on any atom is -0.496 e. The van der Waals surface area contributed by atoms with Crippen LogP contribution in [-0.4, -0.2) is 43.9 Å². The number of amides is 1. The number of nitro groups is 1. The van der Waals surface area contributed by atoms with Crippen LogP contribution in [0.3, 0.4) is 0 Å². The molecule has 0 saturated carbocycles. The van der Waals surface area contributed by atoms with Crippen LogP contribution >= 0.6 is 11.8 Å². The first-order valence-electron chi connectivity index (χ1n) is 8.92. The number of nitro benzene ring substituents is 1. The number of thioether (sulfide) groups is 1. The van der Waals surface area contributed by atoms with Crippen LogP contribution in [0.25, 0.3) is 5.69 Å². The molecule has 0 aliphatic heterocycles. The standard InChI is InChI=1S/C19H20N6O4S/c1-11-7-12(2)18(13(3)8-11)24-19(21-22-23-24)30-10-17(26)20-15-6-5-14(29-4)9-16(15)25(27)28/h5-9H,10H2,1-4H3,(H,20,26). The largest absolute Gasteiger partial charge is 0.496 e. The lowest BCUT2D eigenvalue weighted by molar-refractivity contribution is -0.384. The van der Waals surface area contributed by atoms with Crippen LogP contribution < -0.4 is 10.1 Å². The molecule has 0 radical (unpaired) electrons. The van der Waals surface area contributed by atoms with E-state index in [-0.39, 0.29) is 17.1 Å². The Hall–Kier alpha value is -3.47. The van der Waals surface area contributed by atoms with Crippen molar-refractivity contribution in [3.63, 3.8) is 0 Å². The smallest absolute Gasteiger partial charge is 0.296 e. The number of tetrazole rings is 1. The molecule has 1 heterocycles. The van der Waals surface area contributed by atoms with Gasteiger partial charge in [-0.2, -0.15) is 4.68 Å². The number of ether oxygens (including phenoxy) is 1. The number of nitrogens with zero attached hydrogens (tertiary/aromatic N) is 5. The van der Waals surface area contributed by atoms with Crippen molar-refractivity contribution in [3.05, 3.63) is 57.1 Å². The predicted molar refractivity (Wildman–Crippen MR) is 112 cm³/mol. The average molecular weight is 428 g/mol. The molecule has 156 valence electrons. The fourth-order valence-corrected chi connectivity index (χ4v) is 3.80. The van der Waals surface area contributed by atoms with Crippen LogP contribution in [0, 0.1) is 30.9 Å². The van der Waals surface area contributed by atoms with Gasteiger partial charge in [0.15, 0.2) is 0 Å². The third kappa shape index (κ3) is 4.57. The van der Waals surface area contributed by atoms with E-state index in [1.54, 1.807) is 10.7 Å². The van der Waals surface area contributed by atoms with Crippen molar-refractivity contribution in [2.45, 2.75) is 25.9 Å². The van der Waals surface area contributed by atoms with Crippen molar-refractivity contribution in [1.29, 1.82) is 0 Å². The molecule has 0 saturated heterocycles. The van der Waals surface area contributed by atoms with Crippen molar-refractivity contribution >= 4 is 29.0 Å². The lowest BCUT2D eigenvalue weighted by Gasteiger charge is -2.12. The van der Waals surface area contributed by atoms with Gasteiger partial charge in [0.05, 0.1) is 29.5 Å². The van der Waals surface area contributed by atoms with Gasteiger partial charge in [-0.05, 0) is 54.5 Å². The summed E-state index contributed by atoms with van der Waals surface area (Å²) in [6.45, 7) is 5.96. The Labute approximate surface area is 176 Å². The van der Waals surface area contributed by atoms with E-state index >= 15 is 0 Å². The zero-order valence-corrected chi connectivity index (χ0v) is 17.7. The maximum absolute atomic E-state index is 12.4. The molecule has 10 nitrogen and oxygen atoms in total. The zero-order chi connectivity index (χ0) is 21.8. The van der Waals surface area contributed by atoms with E-state index in [0.29, 0.717) is 10.9 Å². The Morgan fingerprint density at radius 1 is 1.23 bits per heavy atom. The highest BCUT2D eigenvalue weighted by atomic mass is 32.2. The summed E-state index contributed by atoms with van der Waals surface area (Å²) in [6, 6.07) is 8.30. The number of rotatable bonds is 7. The molecule has 1 amide bonds. The molecule has 30 heavy (non-hydrogen) atoms. The number of carbonyl (C=O) groups is 1. The lowest BCUT2D eigenvalue weighted by atomic mass is 10.1. The quantitative estimate of drug-likeness (QED) is 0.345. The molecule has 0 unspecified atom stereocenters. The van der Waals surface area contributed by atoms with E-state index in [1.165, 1.54) is 19.2 Å². The van der Waals surface area contributed by atoms with Crippen LogP contribution in [0.2, 0.25) is 0 Å². The van der Waals surface area contributed by atoms with Gasteiger partial charge in [0.2, 0.25) is 11.1 Å². The summed E-state index contributed by atoms with van der Waals surface area (Å²) < 4.78 is 6.59.